The zero-order valence-corrected chi connectivity index (χ0v) is 12.1. The third-order valence-electron chi connectivity index (χ3n) is 2.26. The lowest BCUT2D eigenvalue weighted by molar-refractivity contribution is -0.114. The number of ether oxygens (including phenoxy) is 1. The van der Waals surface area contributed by atoms with Crippen molar-refractivity contribution in [2.75, 3.05) is 5.32 Å². The Hall–Kier alpha value is -1.92. The predicted molar refractivity (Wildman–Crippen MR) is 77.0 cm³/mol. The molecule has 5 nitrogen and oxygen atoms in total. The van der Waals surface area contributed by atoms with E-state index < -0.39 is 5.97 Å². The van der Waals surface area contributed by atoms with E-state index in [4.69, 9.17) is 16.3 Å². The second-order valence-electron chi connectivity index (χ2n) is 3.93. The summed E-state index contributed by atoms with van der Waals surface area (Å²) in [5, 5.41) is 4.99. The molecule has 2 aromatic rings. The van der Waals surface area contributed by atoms with Crippen molar-refractivity contribution in [3.63, 3.8) is 0 Å². The minimum Gasteiger partial charge on any atom is -0.456 e. The van der Waals surface area contributed by atoms with Crippen LogP contribution < -0.4 is 5.32 Å². The normalized spacial score (nSPS) is 10.1. The van der Waals surface area contributed by atoms with Crippen molar-refractivity contribution in [1.82, 2.24) is 4.98 Å². The second kappa shape index (κ2) is 6.49. The van der Waals surface area contributed by atoms with Gasteiger partial charge in [0.25, 0.3) is 0 Å². The minimum atomic E-state index is -0.544. The van der Waals surface area contributed by atoms with Gasteiger partial charge in [-0.25, -0.2) is 9.78 Å². The smallest absolute Gasteiger partial charge is 0.358 e. The number of aromatic nitrogens is 1. The molecule has 1 aromatic carbocycles. The van der Waals surface area contributed by atoms with E-state index in [2.05, 4.69) is 10.3 Å². The van der Waals surface area contributed by atoms with Gasteiger partial charge in [-0.2, -0.15) is 0 Å². The maximum Gasteiger partial charge on any atom is 0.358 e. The number of esters is 1. The lowest BCUT2D eigenvalue weighted by Crippen LogP contribution is -2.08. The number of amides is 1. The van der Waals surface area contributed by atoms with Crippen LogP contribution in [0.15, 0.2) is 29.6 Å². The highest BCUT2D eigenvalue weighted by Gasteiger charge is 2.13. The first-order valence-electron chi connectivity index (χ1n) is 5.69. The molecule has 0 unspecified atom stereocenters. The van der Waals surface area contributed by atoms with Crippen molar-refractivity contribution < 1.29 is 14.3 Å². The molecule has 0 saturated carbocycles. The quantitative estimate of drug-likeness (QED) is 0.881. The van der Waals surface area contributed by atoms with Crippen molar-refractivity contribution in [3.05, 3.63) is 45.9 Å². The molecule has 0 spiro atoms. The Morgan fingerprint density at radius 3 is 2.95 bits per heavy atom. The molecule has 0 saturated heterocycles. The molecule has 104 valence electrons. The summed E-state index contributed by atoms with van der Waals surface area (Å²) in [6.45, 7) is 1.49. The van der Waals surface area contributed by atoms with Gasteiger partial charge in [0.1, 0.15) is 6.61 Å². The number of hydrogen-bond acceptors (Lipinski definition) is 5. The molecule has 0 aliphatic heterocycles. The van der Waals surface area contributed by atoms with Crippen LogP contribution in [0, 0.1) is 0 Å². The molecular weight excluding hydrogens is 300 g/mol. The molecular formula is C13H11ClN2O3S. The molecule has 20 heavy (non-hydrogen) atoms. The van der Waals surface area contributed by atoms with Gasteiger partial charge in [0.05, 0.1) is 0 Å². The monoisotopic (exact) mass is 310 g/mol. The predicted octanol–water partition coefficient (Wildman–Crippen LogP) is 3.11. The first kappa shape index (κ1) is 14.5. The van der Waals surface area contributed by atoms with Crippen molar-refractivity contribution in [2.24, 2.45) is 0 Å². The standard InChI is InChI=1S/C13H11ClN2O3S/c1-8(17)15-13-16-11(7-20-13)12(18)19-6-9-3-2-4-10(14)5-9/h2-5,7H,6H2,1H3,(H,15,16,17). The van der Waals surface area contributed by atoms with E-state index in [0.717, 1.165) is 5.56 Å². The molecule has 0 atom stereocenters. The van der Waals surface area contributed by atoms with Crippen molar-refractivity contribution in [3.8, 4) is 0 Å². The number of benzene rings is 1. The van der Waals surface area contributed by atoms with Crippen LogP contribution in [0.2, 0.25) is 5.02 Å². The maximum atomic E-state index is 11.8. The van der Waals surface area contributed by atoms with Crippen LogP contribution in [-0.4, -0.2) is 16.9 Å². The molecule has 1 amide bonds. The van der Waals surface area contributed by atoms with Gasteiger partial charge in [-0.15, -0.1) is 11.3 Å². The fraction of sp³-hybridized carbons (Fsp3) is 0.154. The molecule has 0 aliphatic carbocycles. The van der Waals surface area contributed by atoms with Crippen LogP contribution in [0.1, 0.15) is 23.0 Å². The average Bonchev–Trinajstić information content (AvgIpc) is 2.84. The second-order valence-corrected chi connectivity index (χ2v) is 5.22. The summed E-state index contributed by atoms with van der Waals surface area (Å²) >= 11 is 7.00. The van der Waals surface area contributed by atoms with Crippen LogP contribution in [0.25, 0.3) is 0 Å². The fourth-order valence-corrected chi connectivity index (χ4v) is 2.36. The van der Waals surface area contributed by atoms with Crippen LogP contribution in [0.5, 0.6) is 0 Å². The van der Waals surface area contributed by atoms with Gasteiger partial charge in [-0.3, -0.25) is 4.79 Å². The van der Waals surface area contributed by atoms with Gasteiger partial charge >= 0.3 is 5.97 Å². The van der Waals surface area contributed by atoms with E-state index in [1.807, 2.05) is 6.07 Å². The number of nitrogens with one attached hydrogen (secondary N) is 1. The van der Waals surface area contributed by atoms with E-state index in [-0.39, 0.29) is 18.2 Å². The van der Waals surface area contributed by atoms with E-state index in [1.54, 1.807) is 18.2 Å². The highest BCUT2D eigenvalue weighted by atomic mass is 35.5. The molecule has 0 fully saturated rings. The minimum absolute atomic E-state index is 0.117. The summed E-state index contributed by atoms with van der Waals surface area (Å²) in [4.78, 5) is 26.6. The van der Waals surface area contributed by atoms with Crippen LogP contribution in [0.3, 0.4) is 0 Å². The fourth-order valence-electron chi connectivity index (χ4n) is 1.43. The average molecular weight is 311 g/mol. The van der Waals surface area contributed by atoms with Crippen molar-refractivity contribution >= 4 is 39.9 Å². The molecule has 0 radical (unpaired) electrons. The van der Waals surface area contributed by atoms with E-state index in [9.17, 15) is 9.59 Å². The van der Waals surface area contributed by atoms with Gasteiger partial charge in [0, 0.05) is 17.3 Å². The van der Waals surface area contributed by atoms with E-state index in [0.29, 0.717) is 10.2 Å². The van der Waals surface area contributed by atoms with Gasteiger partial charge in [-0.05, 0) is 17.7 Å². The summed E-state index contributed by atoms with van der Waals surface area (Å²) in [6, 6.07) is 7.05. The SMILES string of the molecule is CC(=O)Nc1nc(C(=O)OCc2cccc(Cl)c2)cs1. The number of hydrogen-bond donors (Lipinski definition) is 1. The Labute approximate surface area is 124 Å². The molecule has 1 aromatic heterocycles. The van der Waals surface area contributed by atoms with Gasteiger partial charge in [0.2, 0.25) is 5.91 Å². The molecule has 7 heteroatoms. The first-order chi connectivity index (χ1) is 9.54. The largest absolute Gasteiger partial charge is 0.456 e. The van der Waals surface area contributed by atoms with Crippen molar-refractivity contribution in [1.29, 1.82) is 0 Å². The van der Waals surface area contributed by atoms with Crippen LogP contribution in [0.4, 0.5) is 5.13 Å². The lowest BCUT2D eigenvalue weighted by Gasteiger charge is -2.03. The maximum absolute atomic E-state index is 11.8. The summed E-state index contributed by atoms with van der Waals surface area (Å²) < 4.78 is 5.12. The number of thiazole rings is 1. The van der Waals surface area contributed by atoms with Crippen molar-refractivity contribution in [2.45, 2.75) is 13.5 Å². The Kier molecular flexibility index (Phi) is 4.70. The summed E-state index contributed by atoms with van der Waals surface area (Å²) in [6.07, 6.45) is 0. The van der Waals surface area contributed by atoms with E-state index >= 15 is 0 Å². The van der Waals surface area contributed by atoms with Gasteiger partial charge < -0.3 is 10.1 Å². The van der Waals surface area contributed by atoms with Gasteiger partial charge in [-0.1, -0.05) is 23.7 Å². The molecule has 1 N–H and O–H groups in total. The first-order valence-corrected chi connectivity index (χ1v) is 6.95. The zero-order chi connectivity index (χ0) is 14.5. The molecule has 2 rings (SSSR count). The highest BCUT2D eigenvalue weighted by Crippen LogP contribution is 2.17. The summed E-state index contributed by atoms with van der Waals surface area (Å²) in [5.41, 5.74) is 0.962. The molecule has 0 bridgehead atoms. The summed E-state index contributed by atoms with van der Waals surface area (Å²) in [5.74, 6) is -0.781. The lowest BCUT2D eigenvalue weighted by atomic mass is 10.2. The topological polar surface area (TPSA) is 68.3 Å². The number of halogens is 1. The third kappa shape index (κ3) is 4.04. The third-order valence-corrected chi connectivity index (χ3v) is 3.25. The summed E-state index contributed by atoms with van der Waals surface area (Å²) in [7, 11) is 0. The molecule has 0 aliphatic rings. The molecule has 1 heterocycles. The Bertz CT molecular complexity index is 642. The number of anilines is 1. The zero-order valence-electron chi connectivity index (χ0n) is 10.6. The number of carbonyl (C=O) groups is 2. The van der Waals surface area contributed by atoms with E-state index in [1.165, 1.54) is 23.6 Å². The van der Waals surface area contributed by atoms with Crippen LogP contribution in [-0.2, 0) is 16.1 Å². The Morgan fingerprint density at radius 2 is 2.25 bits per heavy atom. The number of nitrogens with zero attached hydrogens (tertiary/aromatic N) is 1. The number of rotatable bonds is 4. The Morgan fingerprint density at radius 1 is 1.45 bits per heavy atom. The highest BCUT2D eigenvalue weighted by molar-refractivity contribution is 7.14. The number of carbonyl (C=O) groups excluding carboxylic acids is 2. The van der Waals surface area contributed by atoms with Gasteiger partial charge in [0.15, 0.2) is 10.8 Å². The Balaban J connectivity index is 1.95. The van der Waals surface area contributed by atoms with Crippen LogP contribution >= 0.6 is 22.9 Å².